The van der Waals surface area contributed by atoms with E-state index in [9.17, 15) is 4.79 Å². The number of nitrogens with zero attached hydrogens (tertiary/aromatic N) is 3. The third kappa shape index (κ3) is 2.64. The predicted octanol–water partition coefficient (Wildman–Crippen LogP) is 3.21. The van der Waals surface area contributed by atoms with E-state index in [1.807, 2.05) is 19.2 Å². The van der Waals surface area contributed by atoms with Gasteiger partial charge in [-0.05, 0) is 38.3 Å². The van der Waals surface area contributed by atoms with Crippen molar-refractivity contribution in [3.8, 4) is 0 Å². The second-order valence-electron chi connectivity index (χ2n) is 5.97. The first kappa shape index (κ1) is 14.4. The van der Waals surface area contributed by atoms with Crippen LogP contribution >= 0.6 is 11.8 Å². The van der Waals surface area contributed by atoms with Crippen LogP contribution in [0.3, 0.4) is 0 Å². The fraction of sp³-hybridized carbons (Fsp3) is 0.533. The van der Waals surface area contributed by atoms with Crippen molar-refractivity contribution in [3.05, 3.63) is 17.8 Å². The Morgan fingerprint density at radius 3 is 2.86 bits per heavy atom. The summed E-state index contributed by atoms with van der Waals surface area (Å²) in [4.78, 5) is 20.1. The van der Waals surface area contributed by atoms with Gasteiger partial charge in [-0.2, -0.15) is 0 Å². The van der Waals surface area contributed by atoms with Gasteiger partial charge in [0, 0.05) is 11.7 Å². The number of fused-ring (bicyclic) bond motifs is 1. The number of pyridine rings is 1. The van der Waals surface area contributed by atoms with Crippen LogP contribution in [0.15, 0.2) is 17.4 Å². The molecule has 21 heavy (non-hydrogen) atoms. The summed E-state index contributed by atoms with van der Waals surface area (Å²) >= 11 is 1.28. The summed E-state index contributed by atoms with van der Waals surface area (Å²) in [5.74, 6) is -0.794. The molecule has 0 atom stereocenters. The van der Waals surface area contributed by atoms with Gasteiger partial charge in [0.25, 0.3) is 0 Å². The first-order valence-electron chi connectivity index (χ1n) is 7.20. The van der Waals surface area contributed by atoms with Crippen molar-refractivity contribution in [3.63, 3.8) is 0 Å². The highest BCUT2D eigenvalue weighted by Gasteiger charge is 2.34. The minimum atomic E-state index is -0.820. The van der Waals surface area contributed by atoms with E-state index < -0.39 is 5.97 Å². The van der Waals surface area contributed by atoms with Gasteiger partial charge in [-0.25, -0.2) is 9.97 Å². The van der Waals surface area contributed by atoms with E-state index in [1.54, 1.807) is 0 Å². The SMILES string of the molecule is Cc1cnc2c(c1)nc(SCC(=O)O)n2C1(C)CCCC1. The summed E-state index contributed by atoms with van der Waals surface area (Å²) in [6, 6.07) is 2.02. The summed E-state index contributed by atoms with van der Waals surface area (Å²) in [6.07, 6.45) is 6.43. The highest BCUT2D eigenvalue weighted by atomic mass is 32.2. The zero-order chi connectivity index (χ0) is 15.0. The molecule has 1 aliphatic carbocycles. The number of carboxylic acid groups (broad SMARTS) is 1. The molecule has 1 N–H and O–H groups in total. The van der Waals surface area contributed by atoms with E-state index in [4.69, 9.17) is 5.11 Å². The largest absolute Gasteiger partial charge is 0.481 e. The van der Waals surface area contributed by atoms with Crippen LogP contribution in [0.25, 0.3) is 11.2 Å². The van der Waals surface area contributed by atoms with E-state index >= 15 is 0 Å². The van der Waals surface area contributed by atoms with Crippen molar-refractivity contribution in [2.24, 2.45) is 0 Å². The van der Waals surface area contributed by atoms with E-state index in [0.717, 1.165) is 34.7 Å². The van der Waals surface area contributed by atoms with Gasteiger partial charge in [-0.1, -0.05) is 24.6 Å². The molecule has 0 spiro atoms. The molecule has 1 fully saturated rings. The molecular formula is C15H19N3O2S. The van der Waals surface area contributed by atoms with Gasteiger partial charge >= 0.3 is 5.97 Å². The standard InChI is InChI=1S/C15H19N3O2S/c1-10-7-11-13(16-8-10)18(15(2)5-3-4-6-15)14(17-11)21-9-12(19)20/h7-8H,3-6,9H2,1-2H3,(H,19,20). The fourth-order valence-corrected chi connectivity index (χ4v) is 3.97. The third-order valence-corrected chi connectivity index (χ3v) is 5.07. The normalized spacial score (nSPS) is 17.4. The molecule has 5 nitrogen and oxygen atoms in total. The molecule has 2 aromatic heterocycles. The highest BCUT2D eigenvalue weighted by Crippen LogP contribution is 2.41. The number of aromatic nitrogens is 3. The maximum absolute atomic E-state index is 10.9. The lowest BCUT2D eigenvalue weighted by molar-refractivity contribution is -0.133. The zero-order valence-electron chi connectivity index (χ0n) is 12.3. The maximum atomic E-state index is 10.9. The quantitative estimate of drug-likeness (QED) is 0.879. The van der Waals surface area contributed by atoms with Gasteiger partial charge in [-0.15, -0.1) is 0 Å². The van der Waals surface area contributed by atoms with Crippen LogP contribution in [-0.4, -0.2) is 31.4 Å². The number of rotatable bonds is 4. The highest BCUT2D eigenvalue weighted by molar-refractivity contribution is 7.99. The minimum absolute atomic E-state index is 0.00214. The van der Waals surface area contributed by atoms with Gasteiger partial charge in [0.1, 0.15) is 5.52 Å². The Morgan fingerprint density at radius 1 is 1.48 bits per heavy atom. The Labute approximate surface area is 127 Å². The van der Waals surface area contributed by atoms with Crippen molar-refractivity contribution in [2.75, 3.05) is 5.75 Å². The Hall–Kier alpha value is -1.56. The van der Waals surface area contributed by atoms with Crippen molar-refractivity contribution < 1.29 is 9.90 Å². The Morgan fingerprint density at radius 2 is 2.19 bits per heavy atom. The molecule has 0 bridgehead atoms. The molecule has 2 aromatic rings. The Kier molecular flexibility index (Phi) is 3.65. The van der Waals surface area contributed by atoms with Crippen molar-refractivity contribution in [1.29, 1.82) is 0 Å². The van der Waals surface area contributed by atoms with Crippen LogP contribution in [0.1, 0.15) is 38.2 Å². The average Bonchev–Trinajstić information content (AvgIpc) is 3.00. The Balaban J connectivity index is 2.13. The number of thioether (sulfide) groups is 1. The molecule has 2 heterocycles. The summed E-state index contributed by atoms with van der Waals surface area (Å²) in [5.41, 5.74) is 2.80. The van der Waals surface area contributed by atoms with Crippen molar-refractivity contribution >= 4 is 28.9 Å². The fourth-order valence-electron chi connectivity index (χ4n) is 3.11. The molecule has 0 unspecified atom stereocenters. The van der Waals surface area contributed by atoms with Gasteiger partial charge in [0.2, 0.25) is 0 Å². The number of aliphatic carboxylic acids is 1. The molecule has 0 aliphatic heterocycles. The van der Waals surface area contributed by atoms with Crippen LogP contribution in [0, 0.1) is 6.92 Å². The predicted molar refractivity (Wildman–Crippen MR) is 82.7 cm³/mol. The van der Waals surface area contributed by atoms with Gasteiger partial charge in [0.05, 0.1) is 5.75 Å². The van der Waals surface area contributed by atoms with E-state index in [2.05, 4.69) is 21.5 Å². The summed E-state index contributed by atoms with van der Waals surface area (Å²) in [5, 5.41) is 9.71. The molecule has 0 aromatic carbocycles. The first-order valence-corrected chi connectivity index (χ1v) is 8.18. The molecule has 1 saturated carbocycles. The number of carboxylic acids is 1. The van der Waals surface area contributed by atoms with E-state index in [1.165, 1.54) is 24.6 Å². The molecule has 0 amide bonds. The average molecular weight is 305 g/mol. The number of carbonyl (C=O) groups is 1. The molecule has 112 valence electrons. The summed E-state index contributed by atoms with van der Waals surface area (Å²) in [6.45, 7) is 4.22. The number of imidazole rings is 1. The minimum Gasteiger partial charge on any atom is -0.481 e. The molecule has 0 radical (unpaired) electrons. The second kappa shape index (κ2) is 5.33. The number of hydrogen-bond acceptors (Lipinski definition) is 4. The molecule has 6 heteroatoms. The van der Waals surface area contributed by atoms with Crippen LogP contribution in [0.5, 0.6) is 0 Å². The monoisotopic (exact) mass is 305 g/mol. The Bertz CT molecular complexity index is 690. The molecule has 1 aliphatic rings. The maximum Gasteiger partial charge on any atom is 0.313 e. The molecular weight excluding hydrogens is 286 g/mol. The van der Waals surface area contributed by atoms with Gasteiger partial charge in [0.15, 0.2) is 10.8 Å². The lowest BCUT2D eigenvalue weighted by Gasteiger charge is -2.27. The lowest BCUT2D eigenvalue weighted by Crippen LogP contribution is -2.27. The topological polar surface area (TPSA) is 68.0 Å². The number of aryl methyl sites for hydroxylation is 1. The van der Waals surface area contributed by atoms with E-state index in [-0.39, 0.29) is 11.3 Å². The smallest absolute Gasteiger partial charge is 0.313 e. The third-order valence-electron chi connectivity index (χ3n) is 4.15. The number of hydrogen-bond donors (Lipinski definition) is 1. The second-order valence-corrected chi connectivity index (χ2v) is 6.91. The summed E-state index contributed by atoms with van der Waals surface area (Å²) < 4.78 is 2.17. The lowest BCUT2D eigenvalue weighted by atomic mass is 10.0. The van der Waals surface area contributed by atoms with Crippen LogP contribution in [0.4, 0.5) is 0 Å². The van der Waals surface area contributed by atoms with Crippen LogP contribution in [-0.2, 0) is 10.3 Å². The van der Waals surface area contributed by atoms with Crippen LogP contribution in [0.2, 0.25) is 0 Å². The first-order chi connectivity index (χ1) is 9.99. The molecule has 0 saturated heterocycles. The summed E-state index contributed by atoms with van der Waals surface area (Å²) in [7, 11) is 0. The van der Waals surface area contributed by atoms with Crippen molar-refractivity contribution in [2.45, 2.75) is 50.2 Å². The van der Waals surface area contributed by atoms with Gasteiger partial charge in [-0.3, -0.25) is 9.36 Å². The van der Waals surface area contributed by atoms with E-state index in [0.29, 0.717) is 0 Å². The van der Waals surface area contributed by atoms with Crippen molar-refractivity contribution in [1.82, 2.24) is 14.5 Å². The van der Waals surface area contributed by atoms with Gasteiger partial charge < -0.3 is 5.11 Å². The van der Waals surface area contributed by atoms with Crippen LogP contribution < -0.4 is 0 Å². The molecule has 3 rings (SSSR count). The zero-order valence-corrected chi connectivity index (χ0v) is 13.1.